The van der Waals surface area contributed by atoms with Crippen LogP contribution in [-0.2, 0) is 0 Å². The molecule has 2 aromatic carbocycles. The number of aliphatic hydroxyl groups excluding tert-OH is 1. The maximum Gasteiger partial charge on any atom is 0.319 e. The van der Waals surface area contributed by atoms with Crippen LogP contribution in [0.2, 0.25) is 0 Å². The van der Waals surface area contributed by atoms with E-state index in [2.05, 4.69) is 10.6 Å². The van der Waals surface area contributed by atoms with Gasteiger partial charge in [-0.3, -0.25) is 0 Å². The zero-order chi connectivity index (χ0) is 16.7. The number of hydrogen-bond acceptors (Lipinski definition) is 3. The normalized spacial score (nSPS) is 11.6. The molecule has 1 atom stereocenters. The monoisotopic (exact) mass is 314 g/mol. The van der Waals surface area contributed by atoms with Crippen molar-refractivity contribution in [2.24, 2.45) is 0 Å². The second-order valence-corrected chi connectivity index (χ2v) is 5.30. The van der Waals surface area contributed by atoms with Gasteiger partial charge in [-0.25, -0.2) is 4.79 Å². The Balaban J connectivity index is 2.06. The summed E-state index contributed by atoms with van der Waals surface area (Å²) in [7, 11) is 1.64. The molecule has 2 rings (SSSR count). The first-order valence-electron chi connectivity index (χ1n) is 7.56. The van der Waals surface area contributed by atoms with E-state index in [1.165, 1.54) is 0 Å². The number of amides is 2. The van der Waals surface area contributed by atoms with E-state index < -0.39 is 6.10 Å². The summed E-state index contributed by atoms with van der Waals surface area (Å²) in [6, 6.07) is 15.0. The van der Waals surface area contributed by atoms with Crippen molar-refractivity contribution in [3.8, 4) is 16.9 Å². The lowest BCUT2D eigenvalue weighted by molar-refractivity contribution is 0.184. The van der Waals surface area contributed by atoms with E-state index in [0.29, 0.717) is 18.7 Å². The molecule has 0 saturated heterocycles. The number of nitrogens with one attached hydrogen (secondary N) is 2. The molecule has 0 fully saturated rings. The summed E-state index contributed by atoms with van der Waals surface area (Å²) in [5, 5.41) is 14.7. The molecule has 2 amide bonds. The molecule has 0 aliphatic heterocycles. The number of aliphatic hydroxyl groups is 1. The summed E-state index contributed by atoms with van der Waals surface area (Å²) >= 11 is 0. The largest absolute Gasteiger partial charge is 0.496 e. The maximum atomic E-state index is 11.8. The fourth-order valence-corrected chi connectivity index (χ4v) is 2.22. The van der Waals surface area contributed by atoms with Gasteiger partial charge < -0.3 is 20.5 Å². The van der Waals surface area contributed by atoms with Gasteiger partial charge >= 0.3 is 6.03 Å². The molecule has 122 valence electrons. The van der Waals surface area contributed by atoms with E-state index >= 15 is 0 Å². The third-order valence-corrected chi connectivity index (χ3v) is 3.39. The van der Waals surface area contributed by atoms with Crippen molar-refractivity contribution in [1.29, 1.82) is 0 Å². The van der Waals surface area contributed by atoms with E-state index in [1.54, 1.807) is 14.0 Å². The van der Waals surface area contributed by atoms with Crippen LogP contribution in [0.15, 0.2) is 48.5 Å². The molecule has 3 N–H and O–H groups in total. The highest BCUT2D eigenvalue weighted by atomic mass is 16.5. The van der Waals surface area contributed by atoms with Crippen molar-refractivity contribution in [2.75, 3.05) is 19.0 Å². The minimum atomic E-state index is -0.427. The molecular formula is C18H22N2O3. The molecular weight excluding hydrogens is 292 g/mol. The Morgan fingerprint density at radius 1 is 1.22 bits per heavy atom. The van der Waals surface area contributed by atoms with Gasteiger partial charge in [-0.05, 0) is 37.1 Å². The van der Waals surface area contributed by atoms with Gasteiger partial charge in [-0.2, -0.15) is 0 Å². The lowest BCUT2D eigenvalue weighted by Crippen LogP contribution is -2.30. The van der Waals surface area contributed by atoms with Gasteiger partial charge in [0.05, 0.1) is 13.2 Å². The lowest BCUT2D eigenvalue weighted by atomic mass is 10.0. The van der Waals surface area contributed by atoms with Crippen LogP contribution in [0.5, 0.6) is 5.75 Å². The van der Waals surface area contributed by atoms with E-state index in [9.17, 15) is 9.90 Å². The van der Waals surface area contributed by atoms with E-state index in [-0.39, 0.29) is 6.03 Å². The molecule has 2 aromatic rings. The second kappa shape index (κ2) is 8.19. The number of ether oxygens (including phenoxy) is 1. The zero-order valence-electron chi connectivity index (χ0n) is 13.4. The summed E-state index contributed by atoms with van der Waals surface area (Å²) in [6.07, 6.45) is 0.0958. The molecule has 0 bridgehead atoms. The maximum absolute atomic E-state index is 11.8. The minimum Gasteiger partial charge on any atom is -0.496 e. The predicted octanol–water partition coefficient (Wildman–Crippen LogP) is 3.25. The van der Waals surface area contributed by atoms with Gasteiger partial charge in [-0.15, -0.1) is 0 Å². The van der Waals surface area contributed by atoms with Gasteiger partial charge in [-0.1, -0.05) is 30.3 Å². The van der Waals surface area contributed by atoms with Crippen LogP contribution < -0.4 is 15.4 Å². The quantitative estimate of drug-likeness (QED) is 0.766. The molecule has 0 aliphatic rings. The molecule has 0 saturated carbocycles. The molecule has 5 nitrogen and oxygen atoms in total. The molecule has 0 radical (unpaired) electrons. The third-order valence-electron chi connectivity index (χ3n) is 3.39. The molecule has 1 unspecified atom stereocenters. The molecule has 0 aliphatic carbocycles. The van der Waals surface area contributed by atoms with Crippen molar-refractivity contribution >= 4 is 11.7 Å². The molecule has 0 aromatic heterocycles. The molecule has 5 heteroatoms. The fraction of sp³-hybridized carbons (Fsp3) is 0.278. The van der Waals surface area contributed by atoms with Crippen LogP contribution in [0.4, 0.5) is 10.5 Å². The number of urea groups is 1. The number of methoxy groups -OCH3 is 1. The van der Waals surface area contributed by atoms with E-state index in [4.69, 9.17) is 4.74 Å². The number of carbonyl (C=O) groups excluding carboxylic acids is 1. The topological polar surface area (TPSA) is 70.6 Å². The van der Waals surface area contributed by atoms with Gasteiger partial charge in [0, 0.05) is 17.8 Å². The average Bonchev–Trinajstić information content (AvgIpc) is 2.54. The Labute approximate surface area is 136 Å². The fourth-order valence-electron chi connectivity index (χ4n) is 2.22. The number of anilines is 1. The SMILES string of the molecule is COc1ccccc1-c1cccc(NC(=O)NCCC(C)O)c1. The number of carbonyl (C=O) groups is 1. The highest BCUT2D eigenvalue weighted by Crippen LogP contribution is 2.30. The van der Waals surface area contributed by atoms with Crippen molar-refractivity contribution < 1.29 is 14.6 Å². The van der Waals surface area contributed by atoms with E-state index in [0.717, 1.165) is 16.9 Å². The average molecular weight is 314 g/mol. The van der Waals surface area contributed by atoms with Crippen LogP contribution in [0, 0.1) is 0 Å². The van der Waals surface area contributed by atoms with Crippen LogP contribution in [0.1, 0.15) is 13.3 Å². The zero-order valence-corrected chi connectivity index (χ0v) is 13.4. The van der Waals surface area contributed by atoms with Gasteiger partial charge in [0.15, 0.2) is 0 Å². The van der Waals surface area contributed by atoms with Crippen molar-refractivity contribution in [3.63, 3.8) is 0 Å². The Morgan fingerprint density at radius 3 is 2.74 bits per heavy atom. The van der Waals surface area contributed by atoms with Crippen LogP contribution in [0.3, 0.4) is 0 Å². The van der Waals surface area contributed by atoms with Gasteiger partial charge in [0.1, 0.15) is 5.75 Å². The number of para-hydroxylation sites is 1. The third kappa shape index (κ3) is 5.00. The first-order valence-corrected chi connectivity index (χ1v) is 7.56. The van der Waals surface area contributed by atoms with Crippen molar-refractivity contribution in [1.82, 2.24) is 5.32 Å². The molecule has 23 heavy (non-hydrogen) atoms. The Morgan fingerprint density at radius 2 is 2.00 bits per heavy atom. The lowest BCUT2D eigenvalue weighted by Gasteiger charge is -2.11. The first-order chi connectivity index (χ1) is 11.1. The Hall–Kier alpha value is -2.53. The first kappa shape index (κ1) is 16.8. The van der Waals surface area contributed by atoms with Crippen LogP contribution in [-0.4, -0.2) is 30.9 Å². The van der Waals surface area contributed by atoms with Crippen LogP contribution in [0.25, 0.3) is 11.1 Å². The summed E-state index contributed by atoms with van der Waals surface area (Å²) in [5.74, 6) is 0.783. The minimum absolute atomic E-state index is 0.289. The summed E-state index contributed by atoms with van der Waals surface area (Å²) in [4.78, 5) is 11.8. The molecule has 0 heterocycles. The molecule has 0 spiro atoms. The van der Waals surface area contributed by atoms with Crippen LogP contribution >= 0.6 is 0 Å². The number of benzene rings is 2. The predicted molar refractivity (Wildman–Crippen MR) is 91.7 cm³/mol. The van der Waals surface area contributed by atoms with Crippen molar-refractivity contribution in [2.45, 2.75) is 19.4 Å². The summed E-state index contributed by atoms with van der Waals surface area (Å²) in [6.45, 7) is 2.12. The van der Waals surface area contributed by atoms with Gasteiger partial charge in [0.2, 0.25) is 0 Å². The smallest absolute Gasteiger partial charge is 0.319 e. The number of rotatable bonds is 6. The highest BCUT2D eigenvalue weighted by molar-refractivity contribution is 5.90. The number of hydrogen-bond donors (Lipinski definition) is 3. The Kier molecular flexibility index (Phi) is 6.00. The van der Waals surface area contributed by atoms with Gasteiger partial charge in [0.25, 0.3) is 0 Å². The Bertz CT molecular complexity index is 656. The standard InChI is InChI=1S/C18H22N2O3/c1-13(21)10-11-19-18(22)20-15-7-5-6-14(12-15)16-8-3-4-9-17(16)23-2/h3-9,12-13,21H,10-11H2,1-2H3,(H2,19,20,22). The highest BCUT2D eigenvalue weighted by Gasteiger charge is 2.07. The second-order valence-electron chi connectivity index (χ2n) is 5.30. The summed E-state index contributed by atoms with van der Waals surface area (Å²) < 4.78 is 5.37. The summed E-state index contributed by atoms with van der Waals surface area (Å²) in [5.41, 5.74) is 2.63. The van der Waals surface area contributed by atoms with E-state index in [1.807, 2.05) is 48.5 Å². The van der Waals surface area contributed by atoms with Crippen molar-refractivity contribution in [3.05, 3.63) is 48.5 Å².